The largest absolute Gasteiger partial charge is 0.461 e. The van der Waals surface area contributed by atoms with Crippen LogP contribution in [-0.2, 0) is 28.6 Å². The molecule has 160 valence electrons. The SMILES string of the molecule is CCCCCCCC(=O)O[C@H]1[C@H]2[C@@H](CC1(C)C)C(=O)[C@]13O[C@H]1C(=O)[C@]1(CO1)[C@]23C. The predicted molar refractivity (Wildman–Crippen MR) is 103 cm³/mol. The molecule has 2 heterocycles. The van der Waals surface area contributed by atoms with Crippen LogP contribution in [0, 0.1) is 22.7 Å². The first-order valence-electron chi connectivity index (χ1n) is 11.3. The second-order valence-electron chi connectivity index (χ2n) is 10.7. The molecule has 2 spiro atoms. The number of rotatable bonds is 7. The van der Waals surface area contributed by atoms with Crippen molar-refractivity contribution in [1.82, 2.24) is 0 Å². The van der Waals surface area contributed by atoms with E-state index in [4.69, 9.17) is 14.2 Å². The highest BCUT2D eigenvalue weighted by atomic mass is 16.7. The fourth-order valence-corrected chi connectivity index (χ4v) is 7.08. The maximum atomic E-state index is 13.4. The van der Waals surface area contributed by atoms with E-state index in [2.05, 4.69) is 20.8 Å². The number of fused-ring (bicyclic) bond motifs is 3. The Bertz CT molecular complexity index is 782. The van der Waals surface area contributed by atoms with Gasteiger partial charge in [0, 0.05) is 23.7 Å². The summed E-state index contributed by atoms with van der Waals surface area (Å²) in [6, 6.07) is 0. The Balaban J connectivity index is 1.38. The second kappa shape index (κ2) is 5.91. The summed E-state index contributed by atoms with van der Waals surface area (Å²) in [5.41, 5.74) is -3.03. The molecule has 6 nitrogen and oxygen atoms in total. The maximum absolute atomic E-state index is 13.4. The van der Waals surface area contributed by atoms with Gasteiger partial charge in [-0.25, -0.2) is 0 Å². The number of epoxide rings is 2. The number of Topliss-reactive ketones (excluding diaryl/α,β-unsaturated/α-hetero) is 2. The topological polar surface area (TPSA) is 85.5 Å². The molecule has 0 radical (unpaired) electrons. The number of hydrogen-bond acceptors (Lipinski definition) is 6. The van der Waals surface area contributed by atoms with Crippen LogP contribution in [0.5, 0.6) is 0 Å². The molecule has 0 aromatic rings. The molecule has 0 unspecified atom stereocenters. The minimum Gasteiger partial charge on any atom is -0.461 e. The van der Waals surface area contributed by atoms with Crippen molar-refractivity contribution in [2.45, 2.75) is 96.1 Å². The van der Waals surface area contributed by atoms with Crippen LogP contribution in [0.3, 0.4) is 0 Å². The van der Waals surface area contributed by atoms with Gasteiger partial charge in [-0.15, -0.1) is 0 Å². The van der Waals surface area contributed by atoms with Crippen molar-refractivity contribution < 1.29 is 28.6 Å². The molecule has 0 aromatic heterocycles. The molecule has 2 saturated heterocycles. The van der Waals surface area contributed by atoms with E-state index in [1.54, 1.807) is 0 Å². The molecule has 5 aliphatic rings. The van der Waals surface area contributed by atoms with Crippen molar-refractivity contribution in [3.63, 3.8) is 0 Å². The van der Waals surface area contributed by atoms with Gasteiger partial charge in [0.1, 0.15) is 6.10 Å². The summed E-state index contributed by atoms with van der Waals surface area (Å²) in [7, 11) is 0. The Morgan fingerprint density at radius 1 is 1.10 bits per heavy atom. The number of ketones is 2. The number of carbonyl (C=O) groups is 3. The molecule has 0 amide bonds. The molecule has 0 N–H and O–H groups in total. The molecule has 7 atom stereocenters. The monoisotopic (exact) mass is 404 g/mol. The van der Waals surface area contributed by atoms with E-state index in [0.717, 1.165) is 19.3 Å². The quantitative estimate of drug-likeness (QED) is 0.368. The van der Waals surface area contributed by atoms with Crippen LogP contribution in [0.25, 0.3) is 0 Å². The van der Waals surface area contributed by atoms with E-state index in [0.29, 0.717) is 19.4 Å². The highest BCUT2D eigenvalue weighted by Gasteiger charge is 2.98. The van der Waals surface area contributed by atoms with Gasteiger partial charge in [0.05, 0.1) is 12.0 Å². The van der Waals surface area contributed by atoms with Crippen molar-refractivity contribution in [1.29, 1.82) is 0 Å². The third-order valence-corrected chi connectivity index (χ3v) is 8.68. The van der Waals surface area contributed by atoms with Gasteiger partial charge in [0.25, 0.3) is 0 Å². The lowest BCUT2D eigenvalue weighted by atomic mass is 9.65. The lowest BCUT2D eigenvalue weighted by molar-refractivity contribution is -0.163. The van der Waals surface area contributed by atoms with Gasteiger partial charge in [-0.1, -0.05) is 53.4 Å². The van der Waals surface area contributed by atoms with Crippen molar-refractivity contribution in [3.05, 3.63) is 0 Å². The third-order valence-electron chi connectivity index (χ3n) is 8.68. The first kappa shape index (κ1) is 19.7. The Kier molecular flexibility index (Phi) is 4.01. The molecule has 6 heteroatoms. The fourth-order valence-electron chi connectivity index (χ4n) is 7.08. The lowest BCUT2D eigenvalue weighted by Crippen LogP contribution is -2.53. The van der Waals surface area contributed by atoms with Crippen LogP contribution in [0.2, 0.25) is 0 Å². The summed E-state index contributed by atoms with van der Waals surface area (Å²) in [5.74, 6) is -0.718. The number of ether oxygens (including phenoxy) is 3. The summed E-state index contributed by atoms with van der Waals surface area (Å²) >= 11 is 0. The maximum Gasteiger partial charge on any atom is 0.306 e. The van der Waals surface area contributed by atoms with Crippen LogP contribution in [-0.4, -0.2) is 47.6 Å². The average Bonchev–Trinajstić information content (AvgIpc) is 3.55. The van der Waals surface area contributed by atoms with E-state index < -0.39 is 28.8 Å². The number of carbonyl (C=O) groups excluding carboxylic acids is 3. The molecule has 0 bridgehead atoms. The van der Waals surface area contributed by atoms with Crippen LogP contribution in [0.15, 0.2) is 0 Å². The first-order chi connectivity index (χ1) is 13.7. The Hall–Kier alpha value is -1.27. The lowest BCUT2D eigenvalue weighted by Gasteiger charge is -2.40. The molecule has 2 aliphatic heterocycles. The summed E-state index contributed by atoms with van der Waals surface area (Å²) in [4.78, 5) is 39.0. The van der Waals surface area contributed by atoms with Gasteiger partial charge in [-0.05, 0) is 12.8 Å². The molecular weight excluding hydrogens is 372 g/mol. The number of hydrogen-bond donors (Lipinski definition) is 0. The van der Waals surface area contributed by atoms with Gasteiger partial charge in [-0.3, -0.25) is 14.4 Å². The van der Waals surface area contributed by atoms with Crippen LogP contribution < -0.4 is 0 Å². The zero-order valence-electron chi connectivity index (χ0n) is 17.9. The Labute approximate surface area is 172 Å². The smallest absolute Gasteiger partial charge is 0.306 e. The minimum atomic E-state index is -1.04. The Morgan fingerprint density at radius 3 is 2.45 bits per heavy atom. The fraction of sp³-hybridized carbons (Fsp3) is 0.870. The zero-order valence-corrected chi connectivity index (χ0v) is 17.9. The van der Waals surface area contributed by atoms with E-state index >= 15 is 0 Å². The second-order valence-corrected chi connectivity index (χ2v) is 10.7. The molecular formula is C23H32O6. The molecule has 29 heavy (non-hydrogen) atoms. The summed E-state index contributed by atoms with van der Waals surface area (Å²) in [5, 5.41) is 0. The molecule has 5 fully saturated rings. The predicted octanol–water partition coefficient (Wildman–Crippen LogP) is 3.00. The van der Waals surface area contributed by atoms with Crippen LogP contribution in [0.1, 0.15) is 72.6 Å². The van der Waals surface area contributed by atoms with E-state index in [-0.39, 0.29) is 34.8 Å². The average molecular weight is 405 g/mol. The van der Waals surface area contributed by atoms with Crippen molar-refractivity contribution >= 4 is 17.5 Å². The molecule has 3 saturated carbocycles. The van der Waals surface area contributed by atoms with Crippen molar-refractivity contribution in [2.24, 2.45) is 22.7 Å². The highest BCUT2D eigenvalue weighted by molar-refractivity contribution is 6.14. The highest BCUT2D eigenvalue weighted by Crippen LogP contribution is 2.79. The summed E-state index contributed by atoms with van der Waals surface area (Å²) in [6.07, 6.45) is 5.36. The standard InChI is InChI=1S/C23H32O6/c1-5-6-7-8-9-10-14(24)28-18-15-13(11-20(18,2)3)16(25)23-19(29-23)17(26)22(12-27-22)21(15,23)4/h13,15,18-19H,5-12H2,1-4H3/t13-,15-,18+,19+,21+,22-,23+/m1/s1. The minimum absolute atomic E-state index is 0.0296. The van der Waals surface area contributed by atoms with Gasteiger partial charge >= 0.3 is 5.97 Å². The first-order valence-corrected chi connectivity index (χ1v) is 11.3. The van der Waals surface area contributed by atoms with Gasteiger partial charge in [0.15, 0.2) is 28.9 Å². The summed E-state index contributed by atoms with van der Waals surface area (Å²) < 4.78 is 17.6. The van der Waals surface area contributed by atoms with E-state index in [9.17, 15) is 14.4 Å². The van der Waals surface area contributed by atoms with Crippen LogP contribution in [0.4, 0.5) is 0 Å². The zero-order chi connectivity index (χ0) is 20.8. The van der Waals surface area contributed by atoms with Gasteiger partial charge in [0.2, 0.25) is 0 Å². The normalized spacial score (nSPS) is 47.9. The summed E-state index contributed by atoms with van der Waals surface area (Å²) in [6.45, 7) is 8.62. The Morgan fingerprint density at radius 2 is 1.79 bits per heavy atom. The third kappa shape index (κ3) is 2.17. The number of esters is 1. The van der Waals surface area contributed by atoms with Gasteiger partial charge < -0.3 is 14.2 Å². The van der Waals surface area contributed by atoms with Crippen molar-refractivity contribution in [2.75, 3.05) is 6.61 Å². The van der Waals surface area contributed by atoms with Crippen LogP contribution >= 0.6 is 0 Å². The number of unbranched alkanes of at least 4 members (excludes halogenated alkanes) is 4. The molecule has 3 aliphatic carbocycles. The van der Waals surface area contributed by atoms with E-state index in [1.807, 2.05) is 6.92 Å². The molecule has 5 rings (SSSR count). The van der Waals surface area contributed by atoms with Gasteiger partial charge in [-0.2, -0.15) is 0 Å². The molecule has 0 aromatic carbocycles. The van der Waals surface area contributed by atoms with Crippen molar-refractivity contribution in [3.8, 4) is 0 Å². The van der Waals surface area contributed by atoms with E-state index in [1.165, 1.54) is 12.8 Å².